The third-order valence-corrected chi connectivity index (χ3v) is 0. The Bertz CT molecular complexity index is 23.1. The summed E-state index contributed by atoms with van der Waals surface area (Å²) in [5.41, 5.74) is 0. The molecule has 0 saturated heterocycles. The SMILES string of the molecule is O[P+](O)(F)F. The molecule has 0 aliphatic carbocycles. The Morgan fingerprint density at radius 3 is 1.20 bits per heavy atom. The molecule has 5 heavy (non-hydrogen) atoms. The van der Waals surface area contributed by atoms with Gasteiger partial charge in [-0.2, -0.15) is 9.79 Å². The first kappa shape index (κ1) is 5.21. The lowest BCUT2D eigenvalue weighted by Gasteiger charge is -1.73. The molecule has 0 unspecified atom stereocenters. The molecule has 2 N–H and O–H groups in total. The van der Waals surface area contributed by atoms with Crippen LogP contribution in [-0.2, 0) is 0 Å². The lowest BCUT2D eigenvalue weighted by molar-refractivity contribution is 0.330. The van der Waals surface area contributed by atoms with Gasteiger partial charge in [0.25, 0.3) is 0 Å². The van der Waals surface area contributed by atoms with Crippen molar-refractivity contribution in [2.75, 3.05) is 0 Å². The smallest absolute Gasteiger partial charge is 0.161 e. The first-order chi connectivity index (χ1) is 2.00. The standard InChI is InChI=1S/F2H2O2P/c1-5(2,3)4/h3-4H/q+1. The van der Waals surface area contributed by atoms with Gasteiger partial charge >= 0.3 is 8.34 Å². The molecule has 0 aliphatic heterocycles. The Kier molecular flexibility index (Phi) is 1.17. The molecule has 0 heterocycles. The molecule has 32 valence electrons. The van der Waals surface area contributed by atoms with Crippen LogP contribution in [-0.4, -0.2) is 9.79 Å². The van der Waals surface area contributed by atoms with Gasteiger partial charge in [-0.15, -0.1) is 0 Å². The molecule has 0 aromatic carbocycles. The second-order valence-electron chi connectivity index (χ2n) is 0.456. The summed E-state index contributed by atoms with van der Waals surface area (Å²) in [6, 6.07) is 0. The van der Waals surface area contributed by atoms with Gasteiger partial charge in [0.05, 0.1) is 8.39 Å². The molecule has 0 saturated carbocycles. The van der Waals surface area contributed by atoms with Gasteiger partial charge < -0.3 is 0 Å². The van der Waals surface area contributed by atoms with E-state index in [9.17, 15) is 8.39 Å². The molecule has 0 amide bonds. The average molecular weight is 103 g/mol. The van der Waals surface area contributed by atoms with E-state index in [0.29, 0.717) is 0 Å². The van der Waals surface area contributed by atoms with Gasteiger partial charge in [-0.3, -0.25) is 0 Å². The third kappa shape index (κ3) is 466. The van der Waals surface area contributed by atoms with Crippen LogP contribution in [0.4, 0.5) is 8.39 Å². The Morgan fingerprint density at radius 2 is 1.20 bits per heavy atom. The molecule has 0 fully saturated rings. The van der Waals surface area contributed by atoms with E-state index in [2.05, 4.69) is 0 Å². The van der Waals surface area contributed by atoms with Crippen molar-refractivity contribution in [3.05, 3.63) is 0 Å². The van der Waals surface area contributed by atoms with Crippen LogP contribution >= 0.6 is 8.34 Å². The summed E-state index contributed by atoms with van der Waals surface area (Å²) in [4.78, 5) is 13.7. The first-order valence-corrected chi connectivity index (χ1v) is 2.21. The van der Waals surface area contributed by atoms with Crippen molar-refractivity contribution >= 4 is 8.34 Å². The molecule has 0 spiro atoms. The molecular weight excluding hydrogens is 101 g/mol. The van der Waals surface area contributed by atoms with Crippen LogP contribution in [0.1, 0.15) is 0 Å². The fourth-order valence-corrected chi connectivity index (χ4v) is 0. The van der Waals surface area contributed by atoms with Gasteiger partial charge in [-0.05, 0) is 0 Å². The van der Waals surface area contributed by atoms with Crippen LogP contribution in [0, 0.1) is 0 Å². The highest BCUT2D eigenvalue weighted by Crippen LogP contribution is 2.52. The normalized spacial score (nSPS) is 12.0. The van der Waals surface area contributed by atoms with Gasteiger partial charge in [0, 0.05) is 0 Å². The highest BCUT2D eigenvalue weighted by molar-refractivity contribution is 7.53. The fraction of sp³-hybridized carbons (Fsp3) is 0. The maximum absolute atomic E-state index is 10.2. The summed E-state index contributed by atoms with van der Waals surface area (Å²) in [6.07, 6.45) is 0. The van der Waals surface area contributed by atoms with Gasteiger partial charge in [0.2, 0.25) is 0 Å². The van der Waals surface area contributed by atoms with Crippen molar-refractivity contribution in [1.29, 1.82) is 0 Å². The van der Waals surface area contributed by atoms with E-state index in [1.807, 2.05) is 0 Å². The van der Waals surface area contributed by atoms with Crippen LogP contribution < -0.4 is 0 Å². The Labute approximate surface area is 27.8 Å². The first-order valence-electron chi connectivity index (χ1n) is 0.738. The Balaban J connectivity index is 3.02. The quantitative estimate of drug-likeness (QED) is 0.440. The molecule has 2 nitrogen and oxygen atoms in total. The summed E-state index contributed by atoms with van der Waals surface area (Å²) < 4.78 is 20.5. The van der Waals surface area contributed by atoms with E-state index >= 15 is 0 Å². The van der Waals surface area contributed by atoms with Gasteiger partial charge in [0.1, 0.15) is 0 Å². The molecule has 5 heteroatoms. The predicted molar refractivity (Wildman–Crippen MR) is 13.6 cm³/mol. The maximum atomic E-state index is 10.2. The summed E-state index contributed by atoms with van der Waals surface area (Å²) in [5, 5.41) is 0. The van der Waals surface area contributed by atoms with Gasteiger partial charge in [-0.1, -0.05) is 0 Å². The van der Waals surface area contributed by atoms with E-state index in [1.165, 1.54) is 0 Å². The molecule has 0 aromatic rings. The van der Waals surface area contributed by atoms with E-state index in [1.54, 1.807) is 0 Å². The molecule has 0 bridgehead atoms. The summed E-state index contributed by atoms with van der Waals surface area (Å²) in [5.74, 6) is 0. The van der Waals surface area contributed by atoms with E-state index in [4.69, 9.17) is 9.79 Å². The minimum absolute atomic E-state index is 5.39. The van der Waals surface area contributed by atoms with Crippen molar-refractivity contribution in [3.8, 4) is 0 Å². The molecule has 0 aromatic heterocycles. The largest absolute Gasteiger partial charge is 0.663 e. The van der Waals surface area contributed by atoms with Crippen LogP contribution in [0.2, 0.25) is 0 Å². The van der Waals surface area contributed by atoms with E-state index in [-0.39, 0.29) is 0 Å². The number of halogens is 2. The fourth-order valence-electron chi connectivity index (χ4n) is 0. The number of hydrogen-bond donors (Lipinski definition) is 2. The van der Waals surface area contributed by atoms with Crippen molar-refractivity contribution < 1.29 is 18.2 Å². The second kappa shape index (κ2) is 1.12. The minimum atomic E-state index is -5.39. The summed E-state index contributed by atoms with van der Waals surface area (Å²) >= 11 is 0. The highest BCUT2D eigenvalue weighted by atomic mass is 31.3. The third-order valence-electron chi connectivity index (χ3n) is 0. The second-order valence-corrected chi connectivity index (χ2v) is 1.37. The summed E-state index contributed by atoms with van der Waals surface area (Å²) in [6.45, 7) is 0. The molecule has 0 atom stereocenters. The Morgan fingerprint density at radius 1 is 1.20 bits per heavy atom. The summed E-state index contributed by atoms with van der Waals surface area (Å²) in [7, 11) is -5.39. The zero-order valence-corrected chi connectivity index (χ0v) is 2.99. The molecule has 0 rings (SSSR count). The van der Waals surface area contributed by atoms with Gasteiger partial charge in [-0.25, -0.2) is 0 Å². The topological polar surface area (TPSA) is 40.5 Å². The van der Waals surface area contributed by atoms with Crippen molar-refractivity contribution in [2.45, 2.75) is 0 Å². The number of hydrogen-bond acceptors (Lipinski definition) is 2. The minimum Gasteiger partial charge on any atom is -0.161 e. The van der Waals surface area contributed by atoms with E-state index < -0.39 is 8.34 Å². The van der Waals surface area contributed by atoms with Crippen LogP contribution in [0.15, 0.2) is 0 Å². The molecular formula is H2F2O2P+. The van der Waals surface area contributed by atoms with Crippen molar-refractivity contribution in [1.82, 2.24) is 0 Å². The van der Waals surface area contributed by atoms with Crippen molar-refractivity contribution in [3.63, 3.8) is 0 Å². The van der Waals surface area contributed by atoms with Crippen LogP contribution in [0.5, 0.6) is 0 Å². The maximum Gasteiger partial charge on any atom is 0.663 e. The lowest BCUT2D eigenvalue weighted by Crippen LogP contribution is -1.62. The molecule has 0 radical (unpaired) electrons. The monoisotopic (exact) mass is 103 g/mol. The predicted octanol–water partition coefficient (Wildman–Crippen LogP) is 0.588. The zero-order valence-electron chi connectivity index (χ0n) is 2.10. The van der Waals surface area contributed by atoms with Crippen LogP contribution in [0.3, 0.4) is 0 Å². The van der Waals surface area contributed by atoms with E-state index in [0.717, 1.165) is 0 Å². The van der Waals surface area contributed by atoms with Crippen molar-refractivity contribution in [2.24, 2.45) is 0 Å². The number of rotatable bonds is 0. The average Bonchev–Trinajstić information content (AvgIpc) is 0.722. The lowest BCUT2D eigenvalue weighted by atomic mass is 15.9. The molecule has 0 aliphatic rings. The highest BCUT2D eigenvalue weighted by Gasteiger charge is 2.34. The zero-order chi connectivity index (χ0) is 4.50. The van der Waals surface area contributed by atoms with Gasteiger partial charge in [0.15, 0.2) is 0 Å². The Hall–Kier alpha value is 0.210. The van der Waals surface area contributed by atoms with Crippen LogP contribution in [0.25, 0.3) is 0 Å².